The summed E-state index contributed by atoms with van der Waals surface area (Å²) in [5.41, 5.74) is 1.26. The first-order valence-electron chi connectivity index (χ1n) is 4.94. The molecule has 0 amide bonds. The Labute approximate surface area is 89.7 Å². The summed E-state index contributed by atoms with van der Waals surface area (Å²) in [6, 6.07) is 5.03. The number of methoxy groups -OCH3 is 1. The molecule has 15 heavy (non-hydrogen) atoms. The molecule has 0 heterocycles. The monoisotopic (exact) mass is 208 g/mol. The molecule has 0 spiro atoms. The number of ether oxygens (including phenoxy) is 1. The lowest BCUT2D eigenvalue weighted by molar-refractivity contribution is 0.0597. The van der Waals surface area contributed by atoms with Gasteiger partial charge >= 0.3 is 5.97 Å². The minimum atomic E-state index is -0.502. The normalized spacial score (nSPS) is 10.4. The fraction of sp³-hybridized carbons (Fsp3) is 0.417. The molecule has 0 aliphatic carbocycles. The van der Waals surface area contributed by atoms with Crippen molar-refractivity contribution in [1.82, 2.24) is 0 Å². The highest BCUT2D eigenvalue weighted by Gasteiger charge is 2.12. The van der Waals surface area contributed by atoms with Crippen molar-refractivity contribution in [2.75, 3.05) is 7.11 Å². The van der Waals surface area contributed by atoms with E-state index in [1.165, 1.54) is 13.2 Å². The van der Waals surface area contributed by atoms with Crippen LogP contribution in [0.3, 0.4) is 0 Å². The van der Waals surface area contributed by atoms with Crippen molar-refractivity contribution in [2.45, 2.75) is 20.3 Å². The largest absolute Gasteiger partial charge is 0.507 e. The summed E-state index contributed by atoms with van der Waals surface area (Å²) in [6.07, 6.45) is 0.879. The maximum absolute atomic E-state index is 11.3. The van der Waals surface area contributed by atoms with Crippen molar-refractivity contribution in [1.29, 1.82) is 0 Å². The predicted molar refractivity (Wildman–Crippen MR) is 58.0 cm³/mol. The fourth-order valence-corrected chi connectivity index (χ4v) is 1.46. The number of rotatable bonds is 3. The average Bonchev–Trinajstić information content (AvgIpc) is 2.19. The van der Waals surface area contributed by atoms with Gasteiger partial charge in [-0.1, -0.05) is 19.9 Å². The third-order valence-corrected chi connectivity index (χ3v) is 2.11. The first kappa shape index (κ1) is 11.6. The van der Waals surface area contributed by atoms with Crippen LogP contribution in [0.4, 0.5) is 0 Å². The zero-order valence-corrected chi connectivity index (χ0v) is 9.28. The van der Waals surface area contributed by atoms with Crippen LogP contribution in [0.15, 0.2) is 18.2 Å². The van der Waals surface area contributed by atoms with Gasteiger partial charge in [-0.2, -0.15) is 0 Å². The second kappa shape index (κ2) is 4.82. The molecule has 1 aromatic rings. The Hall–Kier alpha value is -1.51. The van der Waals surface area contributed by atoms with E-state index in [0.717, 1.165) is 12.0 Å². The van der Waals surface area contributed by atoms with Crippen molar-refractivity contribution in [3.63, 3.8) is 0 Å². The lowest BCUT2D eigenvalue weighted by atomic mass is 10.0. The molecule has 0 radical (unpaired) electrons. The number of aromatic hydroxyl groups is 1. The first-order valence-corrected chi connectivity index (χ1v) is 4.94. The van der Waals surface area contributed by atoms with Crippen LogP contribution >= 0.6 is 0 Å². The van der Waals surface area contributed by atoms with E-state index >= 15 is 0 Å². The summed E-state index contributed by atoms with van der Waals surface area (Å²) in [5.74, 6) is -0.0208. The van der Waals surface area contributed by atoms with Crippen LogP contribution < -0.4 is 0 Å². The van der Waals surface area contributed by atoms with Crippen molar-refractivity contribution >= 4 is 5.97 Å². The van der Waals surface area contributed by atoms with Gasteiger partial charge in [-0.3, -0.25) is 0 Å². The molecule has 1 aromatic carbocycles. The van der Waals surface area contributed by atoms with Crippen molar-refractivity contribution in [2.24, 2.45) is 5.92 Å². The van der Waals surface area contributed by atoms with Gasteiger partial charge in [-0.05, 0) is 30.0 Å². The third-order valence-electron chi connectivity index (χ3n) is 2.11. The highest BCUT2D eigenvalue weighted by atomic mass is 16.5. The molecule has 0 saturated heterocycles. The first-order chi connectivity index (χ1) is 7.04. The molecule has 0 atom stereocenters. The van der Waals surface area contributed by atoms with Gasteiger partial charge < -0.3 is 9.84 Å². The highest BCUT2D eigenvalue weighted by Crippen LogP contribution is 2.20. The van der Waals surface area contributed by atoms with Gasteiger partial charge in [-0.15, -0.1) is 0 Å². The van der Waals surface area contributed by atoms with Crippen molar-refractivity contribution in [3.8, 4) is 5.75 Å². The number of carbonyl (C=O) groups is 1. The summed E-state index contributed by atoms with van der Waals surface area (Å²) < 4.78 is 4.58. The van der Waals surface area contributed by atoms with E-state index < -0.39 is 5.97 Å². The summed E-state index contributed by atoms with van der Waals surface area (Å²) in [7, 11) is 1.30. The van der Waals surface area contributed by atoms with Gasteiger partial charge in [0.15, 0.2) is 0 Å². The van der Waals surface area contributed by atoms with Crippen LogP contribution in [-0.4, -0.2) is 18.2 Å². The smallest absolute Gasteiger partial charge is 0.341 e. The van der Waals surface area contributed by atoms with E-state index in [9.17, 15) is 9.90 Å². The molecule has 0 bridgehead atoms. The Bertz CT molecular complexity index is 356. The quantitative estimate of drug-likeness (QED) is 0.776. The molecule has 3 heteroatoms. The molecule has 0 aromatic heterocycles. The van der Waals surface area contributed by atoms with Gasteiger partial charge in [-0.25, -0.2) is 4.79 Å². The van der Waals surface area contributed by atoms with Gasteiger partial charge in [0.25, 0.3) is 0 Å². The molecule has 0 saturated carbocycles. The van der Waals surface area contributed by atoms with Crippen LogP contribution in [0.5, 0.6) is 5.75 Å². The van der Waals surface area contributed by atoms with Gasteiger partial charge in [0.2, 0.25) is 0 Å². The standard InChI is InChI=1S/C12H16O3/c1-8(2)6-9-4-5-11(13)10(7-9)12(14)15-3/h4-5,7-8,13H,6H2,1-3H3. The Morgan fingerprint density at radius 1 is 1.47 bits per heavy atom. The highest BCUT2D eigenvalue weighted by molar-refractivity contribution is 5.92. The SMILES string of the molecule is COC(=O)c1cc(CC(C)C)ccc1O. The summed E-state index contributed by atoms with van der Waals surface area (Å²) in [5, 5.41) is 9.47. The van der Waals surface area contributed by atoms with Crippen LogP contribution in [0.2, 0.25) is 0 Å². The van der Waals surface area contributed by atoms with E-state index in [0.29, 0.717) is 5.92 Å². The average molecular weight is 208 g/mol. The van der Waals surface area contributed by atoms with E-state index in [1.807, 2.05) is 6.07 Å². The Morgan fingerprint density at radius 3 is 2.67 bits per heavy atom. The van der Waals surface area contributed by atoms with E-state index in [1.54, 1.807) is 6.07 Å². The molecular weight excluding hydrogens is 192 g/mol. The molecule has 3 nitrogen and oxygen atoms in total. The van der Waals surface area contributed by atoms with E-state index in [2.05, 4.69) is 18.6 Å². The third kappa shape index (κ3) is 2.98. The maximum Gasteiger partial charge on any atom is 0.341 e. The zero-order valence-electron chi connectivity index (χ0n) is 9.28. The Kier molecular flexibility index (Phi) is 3.72. The Balaban J connectivity index is 3.00. The molecular formula is C12H16O3. The number of benzene rings is 1. The van der Waals surface area contributed by atoms with Crippen molar-refractivity contribution < 1.29 is 14.6 Å². The predicted octanol–water partition coefficient (Wildman–Crippen LogP) is 2.38. The van der Waals surface area contributed by atoms with Crippen LogP contribution in [0.25, 0.3) is 0 Å². The topological polar surface area (TPSA) is 46.5 Å². The zero-order chi connectivity index (χ0) is 11.4. The molecule has 82 valence electrons. The number of hydrogen-bond acceptors (Lipinski definition) is 3. The fourth-order valence-electron chi connectivity index (χ4n) is 1.46. The lowest BCUT2D eigenvalue weighted by Gasteiger charge is -2.08. The number of esters is 1. The maximum atomic E-state index is 11.3. The molecule has 0 fully saturated rings. The minimum Gasteiger partial charge on any atom is -0.507 e. The minimum absolute atomic E-state index is 0.0330. The summed E-state index contributed by atoms with van der Waals surface area (Å²) in [4.78, 5) is 11.3. The van der Waals surface area contributed by atoms with Gasteiger partial charge in [0.05, 0.1) is 7.11 Å². The second-order valence-electron chi connectivity index (χ2n) is 3.94. The second-order valence-corrected chi connectivity index (χ2v) is 3.94. The Morgan fingerprint density at radius 2 is 2.13 bits per heavy atom. The number of phenols is 1. The van der Waals surface area contributed by atoms with Gasteiger partial charge in [0.1, 0.15) is 11.3 Å². The van der Waals surface area contributed by atoms with Crippen LogP contribution in [0.1, 0.15) is 29.8 Å². The molecule has 0 aliphatic rings. The number of carbonyl (C=O) groups excluding carboxylic acids is 1. The molecule has 0 unspecified atom stereocenters. The van der Waals surface area contributed by atoms with E-state index in [4.69, 9.17) is 0 Å². The van der Waals surface area contributed by atoms with Crippen molar-refractivity contribution in [3.05, 3.63) is 29.3 Å². The molecule has 0 aliphatic heterocycles. The number of hydrogen-bond donors (Lipinski definition) is 1. The van der Waals surface area contributed by atoms with Crippen LogP contribution in [0, 0.1) is 5.92 Å². The summed E-state index contributed by atoms with van der Waals surface area (Å²) >= 11 is 0. The van der Waals surface area contributed by atoms with Gasteiger partial charge in [0, 0.05) is 0 Å². The van der Waals surface area contributed by atoms with E-state index in [-0.39, 0.29) is 11.3 Å². The lowest BCUT2D eigenvalue weighted by Crippen LogP contribution is -2.03. The molecule has 1 rings (SSSR count). The van der Waals surface area contributed by atoms with Crippen LogP contribution in [-0.2, 0) is 11.2 Å². The molecule has 1 N–H and O–H groups in total. The summed E-state index contributed by atoms with van der Waals surface area (Å²) in [6.45, 7) is 4.20. The number of phenolic OH excluding ortho intramolecular Hbond substituents is 1.